The number of hydrogen-bond donors (Lipinski definition) is 4. The normalized spacial score (nSPS) is 23.8. The molecule has 9 heteroatoms. The van der Waals surface area contributed by atoms with Gasteiger partial charge in [-0.25, -0.2) is 4.99 Å². The second-order valence-corrected chi connectivity index (χ2v) is 8.79. The molecule has 4 N–H and O–H groups in total. The molecule has 3 aliphatic heterocycles. The zero-order chi connectivity index (χ0) is 22.9. The fraction of sp³-hybridized carbons (Fsp3) is 0.435. The van der Waals surface area contributed by atoms with Crippen LogP contribution in [0, 0.1) is 5.41 Å². The first-order valence-corrected chi connectivity index (χ1v) is 10.6. The van der Waals surface area contributed by atoms with E-state index < -0.39 is 17.1 Å². The number of nitrogens with zero attached hydrogens (tertiary/aromatic N) is 2. The van der Waals surface area contributed by atoms with Gasteiger partial charge in [0.1, 0.15) is 17.2 Å². The predicted octanol–water partition coefficient (Wildman–Crippen LogP) is 1.98. The highest BCUT2D eigenvalue weighted by atomic mass is 16.5. The average molecular weight is 440 g/mol. The van der Waals surface area contributed by atoms with Crippen molar-refractivity contribution in [2.75, 3.05) is 36.5 Å². The molecular formula is C23H29N5O4. The lowest BCUT2D eigenvalue weighted by molar-refractivity contribution is -0.112. The van der Waals surface area contributed by atoms with Crippen molar-refractivity contribution in [1.29, 1.82) is 5.41 Å². The first-order chi connectivity index (χ1) is 15.2. The number of fused-ring (bicyclic) bond motifs is 1. The molecule has 9 nitrogen and oxygen atoms in total. The van der Waals surface area contributed by atoms with Crippen LogP contribution in [0.2, 0.25) is 0 Å². The molecule has 0 saturated carbocycles. The summed E-state index contributed by atoms with van der Waals surface area (Å²) in [6.07, 6.45) is 6.42. The topological polar surface area (TPSA) is 119 Å². The SMILES string of the molecule is CC(C)(O)[C@]1(C)Cc2cc(NC(=O)/C(C=N)=C3\N=CC=CN3)c(N3CCOCC3)cc2O1. The first-order valence-electron chi connectivity index (χ1n) is 10.6. The smallest absolute Gasteiger partial charge is 0.261 e. The summed E-state index contributed by atoms with van der Waals surface area (Å²) in [6, 6.07) is 3.82. The van der Waals surface area contributed by atoms with Crippen LogP contribution in [0.15, 0.2) is 40.8 Å². The number of ether oxygens (including phenoxy) is 2. The molecule has 1 aromatic carbocycles. The van der Waals surface area contributed by atoms with E-state index in [-0.39, 0.29) is 5.57 Å². The highest BCUT2D eigenvalue weighted by Gasteiger charge is 2.47. The van der Waals surface area contributed by atoms with Crippen LogP contribution in [-0.4, -0.2) is 60.9 Å². The zero-order valence-corrected chi connectivity index (χ0v) is 18.6. The van der Waals surface area contributed by atoms with E-state index in [2.05, 4.69) is 20.5 Å². The Kier molecular flexibility index (Phi) is 5.79. The molecule has 0 bridgehead atoms. The fourth-order valence-corrected chi connectivity index (χ4v) is 3.90. The van der Waals surface area contributed by atoms with Crippen LogP contribution in [0.25, 0.3) is 0 Å². The molecule has 0 aliphatic carbocycles. The molecule has 3 aliphatic rings. The maximum absolute atomic E-state index is 13.1. The summed E-state index contributed by atoms with van der Waals surface area (Å²) in [5.41, 5.74) is 0.628. The monoisotopic (exact) mass is 439 g/mol. The summed E-state index contributed by atoms with van der Waals surface area (Å²) < 4.78 is 11.7. The number of aliphatic imine (C=N–C) groups is 1. The number of carbonyl (C=O) groups is 1. The van der Waals surface area contributed by atoms with Gasteiger partial charge in [-0.05, 0) is 32.9 Å². The quantitative estimate of drug-likeness (QED) is 0.411. The number of amides is 1. The summed E-state index contributed by atoms with van der Waals surface area (Å²) in [7, 11) is 0. The van der Waals surface area contributed by atoms with Gasteiger partial charge in [0.2, 0.25) is 0 Å². The van der Waals surface area contributed by atoms with Crippen molar-refractivity contribution in [2.24, 2.45) is 4.99 Å². The third-order valence-electron chi connectivity index (χ3n) is 6.19. The van der Waals surface area contributed by atoms with Gasteiger partial charge in [0.15, 0.2) is 0 Å². The number of allylic oxidation sites excluding steroid dienone is 1. The van der Waals surface area contributed by atoms with Crippen LogP contribution >= 0.6 is 0 Å². The van der Waals surface area contributed by atoms with Crippen LogP contribution < -0.4 is 20.3 Å². The van der Waals surface area contributed by atoms with Crippen molar-refractivity contribution in [2.45, 2.75) is 38.4 Å². The second kappa shape index (κ2) is 8.40. The zero-order valence-electron chi connectivity index (χ0n) is 18.6. The summed E-state index contributed by atoms with van der Waals surface area (Å²) in [4.78, 5) is 19.4. The molecule has 0 spiro atoms. The van der Waals surface area contributed by atoms with E-state index in [0.29, 0.717) is 50.0 Å². The predicted molar refractivity (Wildman–Crippen MR) is 124 cm³/mol. The summed E-state index contributed by atoms with van der Waals surface area (Å²) in [5.74, 6) is 0.573. The molecule has 4 rings (SSSR count). The lowest BCUT2D eigenvalue weighted by Gasteiger charge is -2.36. The number of aliphatic hydroxyl groups is 1. The minimum absolute atomic E-state index is 0.122. The molecular weight excluding hydrogens is 410 g/mol. The Morgan fingerprint density at radius 2 is 2.12 bits per heavy atom. The highest BCUT2D eigenvalue weighted by molar-refractivity contribution is 6.18. The van der Waals surface area contributed by atoms with Crippen molar-refractivity contribution in [1.82, 2.24) is 5.32 Å². The van der Waals surface area contributed by atoms with Crippen molar-refractivity contribution in [3.8, 4) is 5.75 Å². The number of benzene rings is 1. The number of nitrogens with one attached hydrogen (secondary N) is 3. The summed E-state index contributed by atoms with van der Waals surface area (Å²) >= 11 is 0. The Balaban J connectivity index is 1.70. The molecule has 1 fully saturated rings. The molecule has 1 amide bonds. The Hall–Kier alpha value is -3.17. The molecule has 0 radical (unpaired) electrons. The Bertz CT molecular complexity index is 1020. The van der Waals surface area contributed by atoms with Gasteiger partial charge in [-0.2, -0.15) is 0 Å². The maximum atomic E-state index is 13.1. The fourth-order valence-electron chi connectivity index (χ4n) is 3.90. The van der Waals surface area contributed by atoms with Crippen LogP contribution in [0.3, 0.4) is 0 Å². The van der Waals surface area contributed by atoms with Crippen molar-refractivity contribution < 1.29 is 19.4 Å². The van der Waals surface area contributed by atoms with Crippen LogP contribution in [-0.2, 0) is 16.0 Å². The van der Waals surface area contributed by atoms with Gasteiger partial charge in [-0.1, -0.05) is 0 Å². The highest BCUT2D eigenvalue weighted by Crippen LogP contribution is 2.45. The third kappa shape index (κ3) is 4.13. The molecule has 170 valence electrons. The lowest BCUT2D eigenvalue weighted by atomic mass is 9.84. The molecule has 3 heterocycles. The minimum atomic E-state index is -1.05. The van der Waals surface area contributed by atoms with Gasteiger partial charge in [-0.3, -0.25) is 4.79 Å². The summed E-state index contributed by atoms with van der Waals surface area (Å²) in [6.45, 7) is 7.90. The van der Waals surface area contributed by atoms with Gasteiger partial charge in [-0.15, -0.1) is 0 Å². The maximum Gasteiger partial charge on any atom is 0.261 e. The second-order valence-electron chi connectivity index (χ2n) is 8.79. The number of rotatable bonds is 5. The lowest BCUT2D eigenvalue weighted by Crippen LogP contribution is -2.51. The van der Waals surface area contributed by atoms with E-state index >= 15 is 0 Å². The van der Waals surface area contributed by atoms with Crippen molar-refractivity contribution >= 4 is 29.7 Å². The third-order valence-corrected chi connectivity index (χ3v) is 6.19. The number of hydrogen-bond acceptors (Lipinski definition) is 8. The average Bonchev–Trinajstić information content (AvgIpc) is 3.11. The minimum Gasteiger partial charge on any atom is -0.484 e. The first kappa shape index (κ1) is 22.0. The van der Waals surface area contributed by atoms with Gasteiger partial charge in [0.25, 0.3) is 5.91 Å². The van der Waals surface area contributed by atoms with Crippen molar-refractivity contribution in [3.63, 3.8) is 0 Å². The van der Waals surface area contributed by atoms with E-state index in [1.54, 1.807) is 32.3 Å². The number of anilines is 2. The van der Waals surface area contributed by atoms with E-state index in [9.17, 15) is 9.90 Å². The molecule has 0 unspecified atom stereocenters. The van der Waals surface area contributed by atoms with Gasteiger partial charge in [0.05, 0.1) is 35.8 Å². The molecule has 32 heavy (non-hydrogen) atoms. The molecule has 1 saturated heterocycles. The Morgan fingerprint density at radius 1 is 1.38 bits per heavy atom. The van der Waals surface area contributed by atoms with Crippen molar-refractivity contribution in [3.05, 3.63) is 41.4 Å². The Labute approximate surface area is 187 Å². The Morgan fingerprint density at radius 3 is 2.75 bits per heavy atom. The van der Waals surface area contributed by atoms with Crippen LogP contribution in [0.4, 0.5) is 11.4 Å². The molecule has 0 aromatic heterocycles. The van der Waals surface area contributed by atoms with Gasteiger partial charge in [0, 0.05) is 49.8 Å². The van der Waals surface area contributed by atoms with Crippen LogP contribution in [0.1, 0.15) is 26.3 Å². The van der Waals surface area contributed by atoms with Gasteiger partial charge < -0.3 is 35.5 Å². The number of morpholine rings is 1. The number of carbonyl (C=O) groups excluding carboxylic acids is 1. The van der Waals surface area contributed by atoms with E-state index in [1.165, 1.54) is 0 Å². The molecule has 1 atom stereocenters. The summed E-state index contributed by atoms with van der Waals surface area (Å²) in [5, 5.41) is 24.2. The standard InChI is InChI=1S/C23H29N5O4/c1-22(2,30)23(3)13-15-11-17(18(12-19(15)32-23)28-7-9-31-10-8-28)27-21(29)16(14-24)20-25-5-4-6-26-20/h4-6,11-12,14,24-25,30H,7-10,13H2,1-3H3,(H,27,29)/b20-16-,24-14?/t23-/m0/s1. The molecule has 1 aromatic rings. The van der Waals surface area contributed by atoms with E-state index in [1.807, 2.05) is 19.1 Å². The van der Waals surface area contributed by atoms with Gasteiger partial charge >= 0.3 is 0 Å². The van der Waals surface area contributed by atoms with E-state index in [0.717, 1.165) is 17.5 Å². The van der Waals surface area contributed by atoms with E-state index in [4.69, 9.17) is 14.9 Å². The van der Waals surface area contributed by atoms with Crippen LogP contribution in [0.5, 0.6) is 5.75 Å². The largest absolute Gasteiger partial charge is 0.484 e.